The van der Waals surface area contributed by atoms with Gasteiger partial charge in [-0.05, 0) is 40.4 Å². The molecule has 1 amide bonds. The quantitative estimate of drug-likeness (QED) is 0.774. The third kappa shape index (κ3) is 3.27. The number of carbonyl (C=O) groups excluding carboxylic acids is 1. The van der Waals surface area contributed by atoms with Gasteiger partial charge >= 0.3 is 0 Å². The molecule has 0 aliphatic rings. The molecular weight excluding hydrogens is 314 g/mol. The molecule has 1 aromatic carbocycles. The van der Waals surface area contributed by atoms with Gasteiger partial charge in [-0.3, -0.25) is 4.79 Å². The van der Waals surface area contributed by atoms with Gasteiger partial charge in [0.2, 0.25) is 0 Å². The van der Waals surface area contributed by atoms with Crippen molar-refractivity contribution in [3.8, 4) is 0 Å². The van der Waals surface area contributed by atoms with E-state index in [1.54, 1.807) is 11.0 Å². The first-order chi connectivity index (χ1) is 8.16. The van der Waals surface area contributed by atoms with Crippen LogP contribution in [0.4, 0.5) is 0 Å². The minimum Gasteiger partial charge on any atom is -0.338 e. The zero-order valence-corrected chi connectivity index (χ0v) is 13.8. The van der Waals surface area contributed by atoms with Crippen molar-refractivity contribution in [3.05, 3.63) is 33.3 Å². The van der Waals surface area contributed by atoms with Gasteiger partial charge < -0.3 is 4.90 Å². The molecule has 0 aromatic heterocycles. The largest absolute Gasteiger partial charge is 0.338 e. The van der Waals surface area contributed by atoms with Crippen LogP contribution in [0.5, 0.6) is 0 Å². The van der Waals surface area contributed by atoms with E-state index >= 15 is 0 Å². The predicted octanol–water partition coefficient (Wildman–Crippen LogP) is 4.61. The number of carbonyl (C=O) groups is 1. The Bertz CT molecular complexity index is 454. The smallest absolute Gasteiger partial charge is 0.255 e. The van der Waals surface area contributed by atoms with Gasteiger partial charge in [0.25, 0.3) is 5.91 Å². The lowest BCUT2D eigenvalue weighted by atomic mass is 9.87. The molecule has 4 heteroatoms. The van der Waals surface area contributed by atoms with E-state index in [-0.39, 0.29) is 17.4 Å². The van der Waals surface area contributed by atoms with Gasteiger partial charge in [0, 0.05) is 17.6 Å². The van der Waals surface area contributed by atoms with Crippen LogP contribution in [0.25, 0.3) is 0 Å². The molecule has 1 aromatic rings. The number of hydrogen-bond acceptors (Lipinski definition) is 1. The van der Waals surface area contributed by atoms with Crippen LogP contribution in [-0.2, 0) is 0 Å². The highest BCUT2D eigenvalue weighted by Crippen LogP contribution is 2.29. The maximum absolute atomic E-state index is 12.4. The fourth-order valence-corrected chi connectivity index (χ4v) is 2.19. The van der Waals surface area contributed by atoms with Crippen molar-refractivity contribution in [1.82, 2.24) is 4.90 Å². The van der Waals surface area contributed by atoms with Crippen LogP contribution in [-0.4, -0.2) is 23.9 Å². The Labute approximate surface area is 122 Å². The molecule has 0 radical (unpaired) electrons. The Morgan fingerprint density at radius 2 is 1.94 bits per heavy atom. The summed E-state index contributed by atoms with van der Waals surface area (Å²) < 4.78 is 0.742. The first-order valence-corrected chi connectivity index (χ1v) is 7.04. The fourth-order valence-electron chi connectivity index (χ4n) is 1.62. The molecule has 2 nitrogen and oxygen atoms in total. The summed E-state index contributed by atoms with van der Waals surface area (Å²) in [5.74, 6) is -0.0521. The predicted molar refractivity (Wildman–Crippen MR) is 80.2 cm³/mol. The standard InChI is InChI=1S/C14H19BrClNO/c1-9(14(2,3)4)17(5)13(18)10-7-6-8-11(15)12(10)16/h6-9H,1-5H3. The van der Waals surface area contributed by atoms with Crippen molar-refractivity contribution >= 4 is 33.4 Å². The van der Waals surface area contributed by atoms with Crippen molar-refractivity contribution in [1.29, 1.82) is 0 Å². The Kier molecular flexibility index (Phi) is 4.84. The molecule has 1 atom stereocenters. The first kappa shape index (κ1) is 15.5. The molecule has 0 spiro atoms. The number of nitrogens with zero attached hydrogens (tertiary/aromatic N) is 1. The first-order valence-electron chi connectivity index (χ1n) is 5.87. The maximum Gasteiger partial charge on any atom is 0.255 e. The third-order valence-corrected chi connectivity index (χ3v) is 4.63. The van der Waals surface area contributed by atoms with Gasteiger partial charge in [0.05, 0.1) is 10.6 Å². The van der Waals surface area contributed by atoms with E-state index in [0.29, 0.717) is 10.6 Å². The summed E-state index contributed by atoms with van der Waals surface area (Å²) in [6, 6.07) is 5.52. The number of hydrogen-bond donors (Lipinski definition) is 0. The van der Waals surface area contributed by atoms with E-state index in [4.69, 9.17) is 11.6 Å². The van der Waals surface area contributed by atoms with E-state index < -0.39 is 0 Å². The summed E-state index contributed by atoms with van der Waals surface area (Å²) in [6.45, 7) is 8.39. The summed E-state index contributed by atoms with van der Waals surface area (Å²) in [5.41, 5.74) is 0.563. The highest BCUT2D eigenvalue weighted by atomic mass is 79.9. The molecule has 0 fully saturated rings. The van der Waals surface area contributed by atoms with Gasteiger partial charge in [-0.15, -0.1) is 0 Å². The summed E-state index contributed by atoms with van der Waals surface area (Å²) in [5, 5.41) is 0.468. The molecule has 18 heavy (non-hydrogen) atoms. The number of rotatable bonds is 2. The van der Waals surface area contributed by atoms with Crippen molar-refractivity contribution in [2.75, 3.05) is 7.05 Å². The Morgan fingerprint density at radius 3 is 2.44 bits per heavy atom. The summed E-state index contributed by atoms with van der Waals surface area (Å²) in [4.78, 5) is 14.2. The second-order valence-electron chi connectivity index (χ2n) is 5.56. The SMILES string of the molecule is CC(N(C)C(=O)c1cccc(Br)c1Cl)C(C)(C)C. The van der Waals surface area contributed by atoms with Crippen molar-refractivity contribution in [3.63, 3.8) is 0 Å². The number of benzene rings is 1. The van der Waals surface area contributed by atoms with Crippen molar-refractivity contribution in [2.24, 2.45) is 5.41 Å². The molecule has 1 unspecified atom stereocenters. The minimum absolute atomic E-state index is 0.0307. The van der Waals surface area contributed by atoms with Crippen molar-refractivity contribution < 1.29 is 4.79 Å². The van der Waals surface area contributed by atoms with Gasteiger partial charge in [-0.2, -0.15) is 0 Å². The number of halogens is 2. The normalized spacial score (nSPS) is 13.3. The van der Waals surface area contributed by atoms with Crippen LogP contribution >= 0.6 is 27.5 Å². The molecule has 0 saturated heterocycles. The van der Waals surface area contributed by atoms with E-state index in [1.165, 1.54) is 0 Å². The van der Waals surface area contributed by atoms with E-state index in [1.807, 2.05) is 26.1 Å². The average molecular weight is 333 g/mol. The summed E-state index contributed by atoms with van der Waals surface area (Å²) >= 11 is 9.49. The lowest BCUT2D eigenvalue weighted by Crippen LogP contribution is -2.43. The van der Waals surface area contributed by atoms with Crippen LogP contribution in [0, 0.1) is 5.41 Å². The van der Waals surface area contributed by atoms with E-state index in [9.17, 15) is 4.79 Å². The van der Waals surface area contributed by atoms with E-state index in [0.717, 1.165) is 4.47 Å². The van der Waals surface area contributed by atoms with Crippen LogP contribution in [0.15, 0.2) is 22.7 Å². The summed E-state index contributed by atoms with van der Waals surface area (Å²) in [6.07, 6.45) is 0. The summed E-state index contributed by atoms with van der Waals surface area (Å²) in [7, 11) is 1.81. The average Bonchev–Trinajstić information content (AvgIpc) is 2.28. The molecule has 0 heterocycles. The molecule has 0 aliphatic carbocycles. The molecule has 0 aliphatic heterocycles. The van der Waals surface area contributed by atoms with Crippen LogP contribution in [0.2, 0.25) is 5.02 Å². The third-order valence-electron chi connectivity index (χ3n) is 3.34. The van der Waals surface area contributed by atoms with Crippen LogP contribution < -0.4 is 0 Å². The second-order valence-corrected chi connectivity index (χ2v) is 6.79. The molecular formula is C14H19BrClNO. The zero-order chi connectivity index (χ0) is 14.1. The highest BCUT2D eigenvalue weighted by Gasteiger charge is 2.28. The van der Waals surface area contributed by atoms with Crippen molar-refractivity contribution in [2.45, 2.75) is 33.7 Å². The minimum atomic E-state index is -0.0521. The molecule has 0 saturated carbocycles. The van der Waals surface area contributed by atoms with Gasteiger partial charge in [0.15, 0.2) is 0 Å². The molecule has 0 bridgehead atoms. The number of amides is 1. The van der Waals surface area contributed by atoms with Crippen LogP contribution in [0.1, 0.15) is 38.1 Å². The second kappa shape index (κ2) is 5.62. The zero-order valence-electron chi connectivity index (χ0n) is 11.4. The Balaban J connectivity index is 3.05. The Morgan fingerprint density at radius 1 is 1.39 bits per heavy atom. The lowest BCUT2D eigenvalue weighted by Gasteiger charge is -2.35. The topological polar surface area (TPSA) is 20.3 Å². The highest BCUT2D eigenvalue weighted by molar-refractivity contribution is 9.10. The lowest BCUT2D eigenvalue weighted by molar-refractivity contribution is 0.0629. The molecule has 100 valence electrons. The van der Waals surface area contributed by atoms with Gasteiger partial charge in [0.1, 0.15) is 0 Å². The van der Waals surface area contributed by atoms with Gasteiger partial charge in [-0.1, -0.05) is 38.4 Å². The van der Waals surface area contributed by atoms with E-state index in [2.05, 4.69) is 36.7 Å². The molecule has 0 N–H and O–H groups in total. The van der Waals surface area contributed by atoms with Crippen LogP contribution in [0.3, 0.4) is 0 Å². The molecule has 1 rings (SSSR count). The van der Waals surface area contributed by atoms with Gasteiger partial charge in [-0.25, -0.2) is 0 Å². The fraction of sp³-hybridized carbons (Fsp3) is 0.500. The Hall–Kier alpha value is -0.540. The maximum atomic E-state index is 12.4. The monoisotopic (exact) mass is 331 g/mol.